The van der Waals surface area contributed by atoms with Gasteiger partial charge in [-0.1, -0.05) is 11.8 Å². The van der Waals surface area contributed by atoms with E-state index in [4.69, 9.17) is 9.52 Å². The van der Waals surface area contributed by atoms with Crippen LogP contribution in [0.1, 0.15) is 25.5 Å². The standard InChI is InChI=1S/C15H14N2O4S/c1-8-13(9(2)18)14(11-4-3-5-21-11)10(6-16)15(17-8)22-7-12(19)20/h3-5,14,17H,7H2,1-2H3,(H,19,20)/t14-/m0/s1. The molecule has 2 heterocycles. The molecular formula is C15H14N2O4S. The van der Waals surface area contributed by atoms with Crippen LogP contribution in [-0.4, -0.2) is 22.6 Å². The number of nitrogens with one attached hydrogen (secondary N) is 1. The molecule has 0 spiro atoms. The van der Waals surface area contributed by atoms with Crippen LogP contribution in [0.5, 0.6) is 0 Å². The number of furan rings is 1. The third kappa shape index (κ3) is 3.07. The van der Waals surface area contributed by atoms with Gasteiger partial charge in [0.2, 0.25) is 0 Å². The van der Waals surface area contributed by atoms with Crippen molar-refractivity contribution >= 4 is 23.5 Å². The van der Waals surface area contributed by atoms with Crippen molar-refractivity contribution in [1.82, 2.24) is 5.32 Å². The molecule has 0 fully saturated rings. The van der Waals surface area contributed by atoms with E-state index in [1.165, 1.54) is 13.2 Å². The minimum absolute atomic E-state index is 0.165. The molecule has 0 amide bonds. The lowest BCUT2D eigenvalue weighted by Gasteiger charge is -2.27. The summed E-state index contributed by atoms with van der Waals surface area (Å²) in [6.07, 6.45) is 1.48. The predicted octanol–water partition coefficient (Wildman–Crippen LogP) is 2.38. The second-order valence-electron chi connectivity index (χ2n) is 4.71. The van der Waals surface area contributed by atoms with E-state index < -0.39 is 11.9 Å². The molecule has 2 N–H and O–H groups in total. The maximum atomic E-state index is 12.0. The van der Waals surface area contributed by atoms with Crippen LogP contribution >= 0.6 is 11.8 Å². The van der Waals surface area contributed by atoms with E-state index in [1.54, 1.807) is 19.1 Å². The average molecular weight is 318 g/mol. The Bertz CT molecular complexity index is 710. The Labute approximate surface area is 131 Å². The van der Waals surface area contributed by atoms with Crippen molar-refractivity contribution in [2.45, 2.75) is 19.8 Å². The minimum Gasteiger partial charge on any atom is -0.481 e. The Hall–Kier alpha value is -2.46. The van der Waals surface area contributed by atoms with Crippen LogP contribution in [0.15, 0.2) is 44.7 Å². The van der Waals surface area contributed by atoms with Gasteiger partial charge in [-0.25, -0.2) is 0 Å². The van der Waals surface area contributed by atoms with Crippen molar-refractivity contribution in [3.05, 3.63) is 46.0 Å². The number of carbonyl (C=O) groups excluding carboxylic acids is 1. The van der Waals surface area contributed by atoms with E-state index >= 15 is 0 Å². The fourth-order valence-electron chi connectivity index (χ4n) is 2.37. The van der Waals surface area contributed by atoms with E-state index in [-0.39, 0.29) is 17.1 Å². The molecular weight excluding hydrogens is 304 g/mol. The van der Waals surface area contributed by atoms with Crippen molar-refractivity contribution in [3.63, 3.8) is 0 Å². The molecule has 114 valence electrons. The molecule has 22 heavy (non-hydrogen) atoms. The summed E-state index contributed by atoms with van der Waals surface area (Å²) in [5.74, 6) is -1.46. The van der Waals surface area contributed by atoms with E-state index in [2.05, 4.69) is 11.4 Å². The smallest absolute Gasteiger partial charge is 0.313 e. The highest BCUT2D eigenvalue weighted by Gasteiger charge is 2.34. The predicted molar refractivity (Wildman–Crippen MR) is 80.7 cm³/mol. The van der Waals surface area contributed by atoms with Crippen LogP contribution in [0.25, 0.3) is 0 Å². The molecule has 2 rings (SSSR count). The summed E-state index contributed by atoms with van der Waals surface area (Å²) in [4.78, 5) is 22.7. The minimum atomic E-state index is -0.981. The number of ketones is 1. The summed E-state index contributed by atoms with van der Waals surface area (Å²) in [7, 11) is 0. The first kappa shape index (κ1) is 15.9. The van der Waals surface area contributed by atoms with Gasteiger partial charge in [-0.3, -0.25) is 9.59 Å². The Balaban J connectivity index is 2.52. The Kier molecular flexibility index (Phi) is 4.73. The molecule has 1 aliphatic rings. The lowest BCUT2D eigenvalue weighted by molar-refractivity contribution is -0.133. The van der Waals surface area contributed by atoms with Gasteiger partial charge in [-0.05, 0) is 26.0 Å². The quantitative estimate of drug-likeness (QED) is 0.859. The zero-order valence-corrected chi connectivity index (χ0v) is 12.9. The van der Waals surface area contributed by atoms with Gasteiger partial charge in [0.05, 0.1) is 34.6 Å². The number of dihydropyridines is 1. The molecule has 7 heteroatoms. The van der Waals surface area contributed by atoms with E-state index in [0.717, 1.165) is 11.8 Å². The van der Waals surface area contributed by atoms with Gasteiger partial charge >= 0.3 is 5.97 Å². The summed E-state index contributed by atoms with van der Waals surface area (Å²) in [6, 6.07) is 5.46. The highest BCUT2D eigenvalue weighted by atomic mass is 32.2. The second-order valence-corrected chi connectivity index (χ2v) is 5.69. The molecule has 0 bridgehead atoms. The Morgan fingerprint density at radius 1 is 1.55 bits per heavy atom. The zero-order valence-electron chi connectivity index (χ0n) is 12.0. The molecule has 6 nitrogen and oxygen atoms in total. The third-order valence-corrected chi connectivity index (χ3v) is 4.20. The number of hydrogen-bond donors (Lipinski definition) is 2. The van der Waals surface area contributed by atoms with Gasteiger partial charge in [-0.2, -0.15) is 5.26 Å². The van der Waals surface area contributed by atoms with Crippen LogP contribution in [0.4, 0.5) is 0 Å². The molecule has 1 aromatic rings. The van der Waals surface area contributed by atoms with E-state index in [0.29, 0.717) is 22.1 Å². The lowest BCUT2D eigenvalue weighted by Crippen LogP contribution is -2.27. The highest BCUT2D eigenvalue weighted by molar-refractivity contribution is 8.03. The lowest BCUT2D eigenvalue weighted by atomic mass is 9.84. The summed E-state index contributed by atoms with van der Waals surface area (Å²) < 4.78 is 5.38. The molecule has 1 aromatic heterocycles. The normalized spacial score (nSPS) is 18.0. The van der Waals surface area contributed by atoms with Crippen LogP contribution < -0.4 is 5.32 Å². The van der Waals surface area contributed by atoms with Crippen LogP contribution in [0, 0.1) is 11.3 Å². The number of aliphatic carboxylic acids is 1. The molecule has 0 saturated heterocycles. The maximum Gasteiger partial charge on any atom is 0.313 e. The number of nitrogens with zero attached hydrogens (tertiary/aromatic N) is 1. The maximum absolute atomic E-state index is 12.0. The van der Waals surface area contributed by atoms with Gasteiger partial charge in [0.25, 0.3) is 0 Å². The average Bonchev–Trinajstić information content (AvgIpc) is 2.97. The monoisotopic (exact) mass is 318 g/mol. The van der Waals surface area contributed by atoms with Gasteiger partial charge in [0.15, 0.2) is 5.78 Å². The first-order chi connectivity index (χ1) is 10.5. The zero-order chi connectivity index (χ0) is 16.3. The van der Waals surface area contributed by atoms with Gasteiger partial charge in [0, 0.05) is 11.3 Å². The number of carbonyl (C=O) groups is 2. The fourth-order valence-corrected chi connectivity index (χ4v) is 3.18. The number of nitriles is 1. The number of carboxylic acid groups (broad SMARTS) is 1. The highest BCUT2D eigenvalue weighted by Crippen LogP contribution is 2.40. The van der Waals surface area contributed by atoms with Crippen molar-refractivity contribution < 1.29 is 19.1 Å². The van der Waals surface area contributed by atoms with Crippen molar-refractivity contribution in [2.24, 2.45) is 0 Å². The summed E-state index contributed by atoms with van der Waals surface area (Å²) in [5, 5.41) is 21.7. The Morgan fingerprint density at radius 3 is 2.77 bits per heavy atom. The SMILES string of the molecule is CC(=O)C1=C(C)NC(SCC(=O)O)=C(C#N)[C@H]1c1ccco1. The molecule has 0 radical (unpaired) electrons. The van der Waals surface area contributed by atoms with Crippen LogP contribution in [-0.2, 0) is 9.59 Å². The summed E-state index contributed by atoms with van der Waals surface area (Å²) >= 11 is 1.02. The van der Waals surface area contributed by atoms with Crippen molar-refractivity contribution in [3.8, 4) is 6.07 Å². The molecule has 1 aliphatic heterocycles. The molecule has 1 atom stereocenters. The van der Waals surface area contributed by atoms with Gasteiger partial charge < -0.3 is 14.8 Å². The number of Topliss-reactive ketones (excluding diaryl/α,β-unsaturated/α-hetero) is 1. The molecule has 0 unspecified atom stereocenters. The largest absolute Gasteiger partial charge is 0.481 e. The Morgan fingerprint density at radius 2 is 2.27 bits per heavy atom. The van der Waals surface area contributed by atoms with Gasteiger partial charge in [-0.15, -0.1) is 0 Å². The fraction of sp³-hybridized carbons (Fsp3) is 0.267. The van der Waals surface area contributed by atoms with Crippen molar-refractivity contribution in [2.75, 3.05) is 5.75 Å². The number of rotatable bonds is 5. The van der Waals surface area contributed by atoms with Crippen LogP contribution in [0.3, 0.4) is 0 Å². The topological polar surface area (TPSA) is 103 Å². The van der Waals surface area contributed by atoms with Gasteiger partial charge in [0.1, 0.15) is 5.76 Å². The van der Waals surface area contributed by atoms with Crippen molar-refractivity contribution in [1.29, 1.82) is 5.26 Å². The summed E-state index contributed by atoms with van der Waals surface area (Å²) in [5.41, 5.74) is 1.34. The van der Waals surface area contributed by atoms with E-state index in [9.17, 15) is 14.9 Å². The molecule has 0 aliphatic carbocycles. The van der Waals surface area contributed by atoms with E-state index in [1.807, 2.05) is 0 Å². The number of carboxylic acids is 1. The first-order valence-electron chi connectivity index (χ1n) is 6.46. The number of hydrogen-bond acceptors (Lipinski definition) is 6. The summed E-state index contributed by atoms with van der Waals surface area (Å²) in [6.45, 7) is 3.16. The van der Waals surface area contributed by atoms with Crippen LogP contribution in [0.2, 0.25) is 0 Å². The second kappa shape index (κ2) is 6.54. The molecule has 0 aromatic carbocycles. The molecule has 0 saturated carbocycles. The third-order valence-electron chi connectivity index (χ3n) is 3.19. The number of thioether (sulfide) groups is 1. The first-order valence-corrected chi connectivity index (χ1v) is 7.45. The number of allylic oxidation sites excluding steroid dienone is 3.